The zero-order chi connectivity index (χ0) is 23.9. The SMILES string of the molecule is CCOc1ccc(Nc2nc(Cc3nnc(SCC(=O)c4ccc(OC)cc4)n3C)cs2)cc1. The highest BCUT2D eigenvalue weighted by molar-refractivity contribution is 7.99. The number of carbonyl (C=O) groups excluding carboxylic acids is 1. The Morgan fingerprint density at radius 2 is 1.82 bits per heavy atom. The van der Waals surface area contributed by atoms with Crippen LogP contribution in [0.15, 0.2) is 59.1 Å². The average Bonchev–Trinajstić information content (AvgIpc) is 3.45. The van der Waals surface area contributed by atoms with E-state index in [4.69, 9.17) is 9.47 Å². The highest BCUT2D eigenvalue weighted by Crippen LogP contribution is 2.25. The molecule has 0 fully saturated rings. The summed E-state index contributed by atoms with van der Waals surface area (Å²) in [7, 11) is 3.50. The summed E-state index contributed by atoms with van der Waals surface area (Å²) in [5, 5.41) is 15.4. The molecule has 0 aliphatic carbocycles. The molecule has 0 radical (unpaired) electrons. The van der Waals surface area contributed by atoms with Crippen LogP contribution < -0.4 is 14.8 Å². The van der Waals surface area contributed by atoms with Crippen molar-refractivity contribution < 1.29 is 14.3 Å². The van der Waals surface area contributed by atoms with Gasteiger partial charge in [-0.25, -0.2) is 4.98 Å². The molecule has 0 unspecified atom stereocenters. The average molecular weight is 496 g/mol. The minimum absolute atomic E-state index is 0.0294. The number of rotatable bonds is 11. The Kier molecular flexibility index (Phi) is 7.81. The Morgan fingerprint density at radius 3 is 2.53 bits per heavy atom. The fraction of sp³-hybridized carbons (Fsp3) is 0.250. The number of hydrogen-bond donors (Lipinski definition) is 1. The van der Waals surface area contributed by atoms with E-state index in [1.807, 2.05) is 48.2 Å². The van der Waals surface area contributed by atoms with Crippen molar-refractivity contribution in [1.82, 2.24) is 19.7 Å². The van der Waals surface area contributed by atoms with Gasteiger partial charge in [0.2, 0.25) is 0 Å². The molecule has 0 saturated carbocycles. The monoisotopic (exact) mass is 495 g/mol. The molecule has 8 nitrogen and oxygen atoms in total. The van der Waals surface area contributed by atoms with E-state index >= 15 is 0 Å². The second kappa shape index (κ2) is 11.2. The highest BCUT2D eigenvalue weighted by atomic mass is 32.2. The second-order valence-electron chi connectivity index (χ2n) is 7.30. The van der Waals surface area contributed by atoms with Crippen molar-refractivity contribution in [2.24, 2.45) is 7.05 Å². The largest absolute Gasteiger partial charge is 0.497 e. The molecular weight excluding hydrogens is 470 g/mol. The van der Waals surface area contributed by atoms with Gasteiger partial charge in [-0.15, -0.1) is 21.5 Å². The molecule has 0 saturated heterocycles. The van der Waals surface area contributed by atoms with Gasteiger partial charge in [0.15, 0.2) is 16.1 Å². The summed E-state index contributed by atoms with van der Waals surface area (Å²) in [5.41, 5.74) is 2.49. The van der Waals surface area contributed by atoms with E-state index in [0.29, 0.717) is 23.7 Å². The lowest BCUT2D eigenvalue weighted by Crippen LogP contribution is -2.05. The topological polar surface area (TPSA) is 91.2 Å². The van der Waals surface area contributed by atoms with Gasteiger partial charge < -0.3 is 19.4 Å². The predicted molar refractivity (Wildman–Crippen MR) is 135 cm³/mol. The fourth-order valence-electron chi connectivity index (χ4n) is 3.15. The Balaban J connectivity index is 1.33. The molecule has 0 amide bonds. The molecule has 34 heavy (non-hydrogen) atoms. The van der Waals surface area contributed by atoms with E-state index in [9.17, 15) is 4.79 Å². The number of nitrogens with one attached hydrogen (secondary N) is 1. The maximum Gasteiger partial charge on any atom is 0.191 e. The third-order valence-corrected chi connectivity index (χ3v) is 6.80. The summed E-state index contributed by atoms with van der Waals surface area (Å²) < 4.78 is 12.5. The van der Waals surface area contributed by atoms with Crippen LogP contribution in [0.25, 0.3) is 0 Å². The number of carbonyl (C=O) groups is 1. The van der Waals surface area contributed by atoms with Crippen LogP contribution in [-0.2, 0) is 13.5 Å². The maximum absolute atomic E-state index is 12.5. The molecule has 0 aliphatic rings. The predicted octanol–water partition coefficient (Wildman–Crippen LogP) is 4.99. The Bertz CT molecular complexity index is 1240. The molecule has 4 rings (SSSR count). The third-order valence-electron chi connectivity index (χ3n) is 4.98. The molecule has 2 heterocycles. The summed E-state index contributed by atoms with van der Waals surface area (Å²) in [6.45, 7) is 2.61. The van der Waals surface area contributed by atoms with Gasteiger partial charge in [-0.05, 0) is 55.5 Å². The highest BCUT2D eigenvalue weighted by Gasteiger charge is 2.14. The van der Waals surface area contributed by atoms with Crippen LogP contribution in [0.1, 0.15) is 28.8 Å². The molecule has 0 atom stereocenters. The molecule has 0 spiro atoms. The van der Waals surface area contributed by atoms with Gasteiger partial charge in [-0.1, -0.05) is 11.8 Å². The minimum Gasteiger partial charge on any atom is -0.497 e. The lowest BCUT2D eigenvalue weighted by molar-refractivity contribution is 0.102. The fourth-order valence-corrected chi connectivity index (χ4v) is 4.70. The van der Waals surface area contributed by atoms with Crippen molar-refractivity contribution in [1.29, 1.82) is 0 Å². The zero-order valence-electron chi connectivity index (χ0n) is 19.1. The summed E-state index contributed by atoms with van der Waals surface area (Å²) in [5.74, 6) is 2.67. The molecule has 1 N–H and O–H groups in total. The van der Waals surface area contributed by atoms with Crippen LogP contribution in [0.5, 0.6) is 11.5 Å². The Labute approximate surface area is 206 Å². The van der Waals surface area contributed by atoms with Crippen molar-refractivity contribution in [3.63, 3.8) is 0 Å². The molecular formula is C24H25N5O3S2. The van der Waals surface area contributed by atoms with Gasteiger partial charge in [0.25, 0.3) is 0 Å². The summed E-state index contributed by atoms with van der Waals surface area (Å²) in [6, 6.07) is 14.9. The number of ether oxygens (including phenoxy) is 2. The number of hydrogen-bond acceptors (Lipinski definition) is 9. The number of anilines is 2. The number of ketones is 1. The summed E-state index contributed by atoms with van der Waals surface area (Å²) >= 11 is 2.91. The van der Waals surface area contributed by atoms with E-state index in [1.165, 1.54) is 23.1 Å². The Hall–Kier alpha value is -3.37. The second-order valence-corrected chi connectivity index (χ2v) is 9.10. The molecule has 2 aromatic carbocycles. The van der Waals surface area contributed by atoms with E-state index < -0.39 is 0 Å². The Morgan fingerprint density at radius 1 is 1.09 bits per heavy atom. The first-order valence-corrected chi connectivity index (χ1v) is 12.5. The number of nitrogens with zero attached hydrogens (tertiary/aromatic N) is 4. The first-order valence-electron chi connectivity index (χ1n) is 10.7. The number of benzene rings is 2. The molecule has 0 bridgehead atoms. The quantitative estimate of drug-likeness (QED) is 0.230. The van der Waals surface area contributed by atoms with Crippen LogP contribution in [0, 0.1) is 0 Å². The van der Waals surface area contributed by atoms with Crippen molar-refractivity contribution in [3.8, 4) is 11.5 Å². The lowest BCUT2D eigenvalue weighted by Gasteiger charge is -2.05. The van der Waals surface area contributed by atoms with E-state index in [1.54, 1.807) is 31.4 Å². The summed E-state index contributed by atoms with van der Waals surface area (Å²) in [6.07, 6.45) is 0.554. The van der Waals surface area contributed by atoms with Gasteiger partial charge in [0, 0.05) is 23.7 Å². The zero-order valence-corrected chi connectivity index (χ0v) is 20.8. The lowest BCUT2D eigenvalue weighted by atomic mass is 10.1. The molecule has 4 aromatic rings. The van der Waals surface area contributed by atoms with Crippen molar-refractivity contribution in [3.05, 3.63) is 71.0 Å². The van der Waals surface area contributed by atoms with Gasteiger partial charge in [0.1, 0.15) is 17.3 Å². The minimum atomic E-state index is 0.0294. The van der Waals surface area contributed by atoms with E-state index in [0.717, 1.165) is 33.8 Å². The van der Waals surface area contributed by atoms with Crippen LogP contribution >= 0.6 is 23.1 Å². The van der Waals surface area contributed by atoms with E-state index in [-0.39, 0.29) is 11.5 Å². The molecule has 10 heteroatoms. The molecule has 176 valence electrons. The van der Waals surface area contributed by atoms with Crippen LogP contribution in [-0.4, -0.2) is 45.0 Å². The number of thioether (sulfide) groups is 1. The van der Waals surface area contributed by atoms with Crippen LogP contribution in [0.4, 0.5) is 10.8 Å². The van der Waals surface area contributed by atoms with Crippen LogP contribution in [0.2, 0.25) is 0 Å². The van der Waals surface area contributed by atoms with Crippen molar-refractivity contribution in [2.75, 3.05) is 24.8 Å². The van der Waals surface area contributed by atoms with Gasteiger partial charge in [-0.2, -0.15) is 0 Å². The van der Waals surface area contributed by atoms with E-state index in [2.05, 4.69) is 20.5 Å². The van der Waals surface area contributed by atoms with Crippen LogP contribution in [0.3, 0.4) is 0 Å². The first-order chi connectivity index (χ1) is 16.6. The van der Waals surface area contributed by atoms with Crippen molar-refractivity contribution >= 4 is 39.7 Å². The molecule has 0 aliphatic heterocycles. The number of Topliss-reactive ketones (excluding diaryl/α,β-unsaturated/α-hetero) is 1. The first kappa shape index (κ1) is 23.8. The van der Waals surface area contributed by atoms with Gasteiger partial charge in [0.05, 0.1) is 31.6 Å². The number of aromatic nitrogens is 4. The smallest absolute Gasteiger partial charge is 0.191 e. The third kappa shape index (κ3) is 5.95. The van der Waals surface area contributed by atoms with Crippen molar-refractivity contribution in [2.45, 2.75) is 18.5 Å². The van der Waals surface area contributed by atoms with Gasteiger partial charge >= 0.3 is 0 Å². The normalized spacial score (nSPS) is 10.8. The number of thiazole rings is 1. The molecule has 2 aromatic heterocycles. The standard InChI is InChI=1S/C24H25N5O3S2/c1-4-32-20-11-7-17(8-12-20)25-23-26-18(14-33-23)13-22-27-28-24(29(22)2)34-15-21(30)16-5-9-19(31-3)10-6-16/h5-12,14H,4,13,15H2,1-3H3,(H,25,26). The van der Waals surface area contributed by atoms with Gasteiger partial charge in [-0.3, -0.25) is 4.79 Å². The maximum atomic E-state index is 12.5. The summed E-state index contributed by atoms with van der Waals surface area (Å²) in [4.78, 5) is 17.2. The number of methoxy groups -OCH3 is 1.